The van der Waals surface area contributed by atoms with E-state index in [0.29, 0.717) is 17.8 Å². The molecule has 0 aromatic carbocycles. The van der Waals surface area contributed by atoms with Gasteiger partial charge in [-0.3, -0.25) is 0 Å². The summed E-state index contributed by atoms with van der Waals surface area (Å²) in [5.74, 6) is 1.66. The van der Waals surface area contributed by atoms with Crippen molar-refractivity contribution in [3.8, 4) is 5.95 Å². The molecule has 2 aromatic rings. The average molecular weight is 308 g/mol. The van der Waals surface area contributed by atoms with E-state index >= 15 is 0 Å². The first-order valence-electron chi connectivity index (χ1n) is 7.20. The number of hydrogen-bond acceptors (Lipinski definition) is 6. The molecule has 2 aromatic heterocycles. The van der Waals surface area contributed by atoms with Crippen molar-refractivity contribution in [2.75, 3.05) is 18.5 Å². The lowest BCUT2D eigenvalue weighted by Gasteiger charge is -2.27. The van der Waals surface area contributed by atoms with E-state index in [4.69, 9.17) is 11.6 Å². The molecule has 0 radical (unpaired) electrons. The van der Waals surface area contributed by atoms with E-state index < -0.39 is 0 Å². The lowest BCUT2D eigenvalue weighted by atomic mass is 9.89. The Hall–Kier alpha value is -1.76. The summed E-state index contributed by atoms with van der Waals surface area (Å²) in [6.45, 7) is 0.942. The Balaban J connectivity index is 1.77. The lowest BCUT2D eigenvalue weighted by Crippen LogP contribution is -2.28. The van der Waals surface area contributed by atoms with Crippen LogP contribution in [0, 0.1) is 5.92 Å². The zero-order valence-corrected chi connectivity index (χ0v) is 12.7. The fourth-order valence-corrected chi connectivity index (χ4v) is 2.90. The van der Waals surface area contributed by atoms with Crippen LogP contribution in [0.15, 0.2) is 12.7 Å². The predicted molar refractivity (Wildman–Crippen MR) is 79.6 cm³/mol. The third kappa shape index (κ3) is 3.47. The summed E-state index contributed by atoms with van der Waals surface area (Å²) >= 11 is 6.00. The van der Waals surface area contributed by atoms with E-state index in [2.05, 4.69) is 25.0 Å². The van der Waals surface area contributed by atoms with E-state index in [1.165, 1.54) is 49.4 Å². The summed E-state index contributed by atoms with van der Waals surface area (Å²) in [6.07, 6.45) is 9.52. The second kappa shape index (κ2) is 6.34. The molecule has 1 fully saturated rings. The molecule has 0 amide bonds. The van der Waals surface area contributed by atoms with Crippen molar-refractivity contribution in [3.63, 3.8) is 0 Å². The molecule has 112 valence electrons. The van der Waals surface area contributed by atoms with Gasteiger partial charge in [0.05, 0.1) is 0 Å². The van der Waals surface area contributed by atoms with Crippen molar-refractivity contribution in [2.45, 2.75) is 32.1 Å². The van der Waals surface area contributed by atoms with Crippen molar-refractivity contribution in [2.24, 2.45) is 5.92 Å². The Kier molecular flexibility index (Phi) is 4.28. The summed E-state index contributed by atoms with van der Waals surface area (Å²) in [7, 11) is 1.99. The van der Waals surface area contributed by atoms with Crippen LogP contribution in [0.5, 0.6) is 0 Å². The van der Waals surface area contributed by atoms with Gasteiger partial charge in [0.1, 0.15) is 12.7 Å². The Morgan fingerprint density at radius 3 is 2.76 bits per heavy atom. The van der Waals surface area contributed by atoms with Gasteiger partial charge >= 0.3 is 0 Å². The van der Waals surface area contributed by atoms with Crippen LogP contribution in [0.3, 0.4) is 0 Å². The molecule has 2 heterocycles. The monoisotopic (exact) mass is 307 g/mol. The Bertz CT molecular complexity index is 580. The number of nitrogens with zero attached hydrogens (tertiary/aromatic N) is 7. The van der Waals surface area contributed by atoms with Crippen LogP contribution in [0.25, 0.3) is 5.95 Å². The van der Waals surface area contributed by atoms with Gasteiger partial charge in [0.25, 0.3) is 5.95 Å². The molecule has 0 atom stereocenters. The lowest BCUT2D eigenvalue weighted by molar-refractivity contribution is 0.361. The maximum absolute atomic E-state index is 6.00. The molecule has 7 nitrogen and oxygen atoms in total. The van der Waals surface area contributed by atoms with Crippen LogP contribution in [0.4, 0.5) is 5.95 Å². The minimum Gasteiger partial charge on any atom is -0.343 e. The third-order valence-corrected chi connectivity index (χ3v) is 3.98. The van der Waals surface area contributed by atoms with Crippen LogP contribution < -0.4 is 4.90 Å². The molecule has 0 bridgehead atoms. The Morgan fingerprint density at radius 1 is 1.24 bits per heavy atom. The summed E-state index contributed by atoms with van der Waals surface area (Å²) in [4.78, 5) is 18.7. The molecule has 1 saturated carbocycles. The standard InChI is InChI=1S/C13H18ClN7/c1-20(7-10-5-3-2-4-6-10)12-17-11(14)18-13(19-12)21-9-15-8-16-21/h8-10H,2-7H2,1H3. The first-order chi connectivity index (χ1) is 10.2. The third-order valence-electron chi connectivity index (χ3n) is 3.81. The van der Waals surface area contributed by atoms with Crippen LogP contribution in [0.1, 0.15) is 32.1 Å². The highest BCUT2D eigenvalue weighted by atomic mass is 35.5. The highest BCUT2D eigenvalue weighted by Gasteiger charge is 2.18. The van der Waals surface area contributed by atoms with Crippen molar-refractivity contribution in [1.82, 2.24) is 29.7 Å². The molecule has 0 spiro atoms. The van der Waals surface area contributed by atoms with Gasteiger partial charge in [-0.1, -0.05) is 19.3 Å². The smallest absolute Gasteiger partial charge is 0.258 e. The molecule has 0 unspecified atom stereocenters. The molecular weight excluding hydrogens is 290 g/mol. The molecule has 21 heavy (non-hydrogen) atoms. The number of halogens is 1. The summed E-state index contributed by atoms with van der Waals surface area (Å²) in [6, 6.07) is 0. The second-order valence-corrected chi connectivity index (χ2v) is 5.77. The van der Waals surface area contributed by atoms with E-state index in [-0.39, 0.29) is 5.28 Å². The van der Waals surface area contributed by atoms with Crippen LogP contribution in [-0.4, -0.2) is 43.3 Å². The number of rotatable bonds is 4. The molecule has 3 rings (SSSR count). The zero-order chi connectivity index (χ0) is 14.7. The van der Waals surface area contributed by atoms with Gasteiger partial charge in [0.15, 0.2) is 0 Å². The van der Waals surface area contributed by atoms with Crippen molar-refractivity contribution in [3.05, 3.63) is 17.9 Å². The van der Waals surface area contributed by atoms with Crippen LogP contribution in [0.2, 0.25) is 5.28 Å². The van der Waals surface area contributed by atoms with Crippen LogP contribution in [-0.2, 0) is 0 Å². The highest BCUT2D eigenvalue weighted by molar-refractivity contribution is 6.28. The topological polar surface area (TPSA) is 72.6 Å². The summed E-state index contributed by atoms with van der Waals surface area (Å²) in [5, 5.41) is 4.19. The fourth-order valence-electron chi connectivity index (χ4n) is 2.75. The number of aromatic nitrogens is 6. The Labute approximate surface area is 128 Å². The first kappa shape index (κ1) is 14.2. The first-order valence-corrected chi connectivity index (χ1v) is 7.58. The maximum Gasteiger partial charge on any atom is 0.258 e. The van der Waals surface area contributed by atoms with Gasteiger partial charge in [-0.05, 0) is 30.4 Å². The highest BCUT2D eigenvalue weighted by Crippen LogP contribution is 2.25. The minimum absolute atomic E-state index is 0.168. The number of hydrogen-bond donors (Lipinski definition) is 0. The normalized spacial score (nSPS) is 16.1. The molecule has 0 aliphatic heterocycles. The van der Waals surface area contributed by atoms with E-state index in [1.54, 1.807) is 0 Å². The minimum atomic E-state index is 0.168. The van der Waals surface area contributed by atoms with E-state index in [0.717, 1.165) is 6.54 Å². The largest absolute Gasteiger partial charge is 0.343 e. The molecule has 1 aliphatic carbocycles. The van der Waals surface area contributed by atoms with Crippen molar-refractivity contribution < 1.29 is 0 Å². The van der Waals surface area contributed by atoms with Crippen molar-refractivity contribution in [1.29, 1.82) is 0 Å². The zero-order valence-electron chi connectivity index (χ0n) is 12.0. The average Bonchev–Trinajstić information content (AvgIpc) is 3.02. The fraction of sp³-hybridized carbons (Fsp3) is 0.615. The summed E-state index contributed by atoms with van der Waals surface area (Å²) < 4.78 is 1.48. The van der Waals surface area contributed by atoms with Crippen LogP contribution >= 0.6 is 11.6 Å². The van der Waals surface area contributed by atoms with Gasteiger partial charge < -0.3 is 4.90 Å². The molecular formula is C13H18ClN7. The molecule has 0 N–H and O–H groups in total. The van der Waals surface area contributed by atoms with E-state index in [1.807, 2.05) is 11.9 Å². The van der Waals surface area contributed by atoms with Gasteiger partial charge in [-0.25, -0.2) is 4.98 Å². The maximum atomic E-state index is 6.00. The quantitative estimate of drug-likeness (QED) is 0.861. The van der Waals surface area contributed by atoms with Gasteiger partial charge in [-0.2, -0.15) is 24.7 Å². The van der Waals surface area contributed by atoms with Gasteiger partial charge in [0.2, 0.25) is 11.2 Å². The molecule has 8 heteroatoms. The summed E-state index contributed by atoms with van der Waals surface area (Å²) in [5.41, 5.74) is 0. The predicted octanol–water partition coefficient (Wildman–Crippen LogP) is 2.12. The van der Waals surface area contributed by atoms with Crippen molar-refractivity contribution >= 4 is 17.5 Å². The van der Waals surface area contributed by atoms with E-state index in [9.17, 15) is 0 Å². The van der Waals surface area contributed by atoms with Gasteiger partial charge in [-0.15, -0.1) is 0 Å². The molecule has 0 saturated heterocycles. The SMILES string of the molecule is CN(CC1CCCCC1)c1nc(Cl)nc(-n2cncn2)n1. The second-order valence-electron chi connectivity index (χ2n) is 5.43. The number of anilines is 1. The Morgan fingerprint density at radius 2 is 2.05 bits per heavy atom. The molecule has 1 aliphatic rings. The van der Waals surface area contributed by atoms with Gasteiger partial charge in [0, 0.05) is 13.6 Å².